The number of carbonyl (C=O) groups excluding carboxylic acids is 2. The van der Waals surface area contributed by atoms with Crippen molar-refractivity contribution >= 4 is 11.7 Å². The van der Waals surface area contributed by atoms with E-state index in [1.54, 1.807) is 6.20 Å². The fraction of sp³-hybridized carbons (Fsp3) is 0.450. The number of aromatic nitrogens is 2. The average molecular weight is 355 g/mol. The molecule has 1 atom stereocenters. The van der Waals surface area contributed by atoms with Gasteiger partial charge in [0, 0.05) is 50.5 Å². The number of carbonyl (C=O) groups is 2. The molecular formula is C20H25N3O3. The van der Waals surface area contributed by atoms with Crippen LogP contribution in [0, 0.1) is 0 Å². The van der Waals surface area contributed by atoms with Crippen molar-refractivity contribution in [2.45, 2.75) is 38.3 Å². The Kier molecular flexibility index (Phi) is 6.55. The second kappa shape index (κ2) is 9.29. The van der Waals surface area contributed by atoms with Gasteiger partial charge in [-0.3, -0.25) is 14.3 Å². The first-order chi connectivity index (χ1) is 12.7. The molecule has 0 saturated carbocycles. The smallest absolute Gasteiger partial charge is 0.222 e. The van der Waals surface area contributed by atoms with Crippen LogP contribution in [0.1, 0.15) is 36.0 Å². The van der Waals surface area contributed by atoms with E-state index >= 15 is 0 Å². The van der Waals surface area contributed by atoms with Crippen molar-refractivity contribution in [3.63, 3.8) is 0 Å². The Bertz CT molecular complexity index is 700. The maximum absolute atomic E-state index is 12.6. The van der Waals surface area contributed by atoms with Crippen LogP contribution in [-0.4, -0.2) is 52.2 Å². The lowest BCUT2D eigenvalue weighted by Gasteiger charge is -2.24. The van der Waals surface area contributed by atoms with Gasteiger partial charge in [0.15, 0.2) is 5.78 Å². The standard InChI is InChI=1S/C20H25N3O3/c24-19(17-7-2-1-3-8-17)9-4-10-20(25)22-12-6-14-26-18(15-22)16-23-13-5-11-21-23/h1-3,5,7-8,11,13,18H,4,6,9-10,12,14-16H2/t18-/m1/s1. The van der Waals surface area contributed by atoms with Gasteiger partial charge in [-0.25, -0.2) is 0 Å². The normalized spacial score (nSPS) is 17.7. The number of hydrogen-bond acceptors (Lipinski definition) is 4. The lowest BCUT2D eigenvalue weighted by atomic mass is 10.1. The molecule has 1 aromatic carbocycles. The van der Waals surface area contributed by atoms with Crippen LogP contribution in [0.4, 0.5) is 0 Å². The van der Waals surface area contributed by atoms with Gasteiger partial charge in [-0.15, -0.1) is 0 Å². The second-order valence-corrected chi connectivity index (χ2v) is 6.56. The highest BCUT2D eigenvalue weighted by molar-refractivity contribution is 5.96. The van der Waals surface area contributed by atoms with E-state index in [1.807, 2.05) is 52.2 Å². The Morgan fingerprint density at radius 3 is 2.77 bits per heavy atom. The zero-order valence-corrected chi connectivity index (χ0v) is 14.9. The van der Waals surface area contributed by atoms with Crippen LogP contribution in [-0.2, 0) is 16.1 Å². The molecule has 1 fully saturated rings. The van der Waals surface area contributed by atoms with Gasteiger partial charge >= 0.3 is 0 Å². The molecule has 0 bridgehead atoms. The highest BCUT2D eigenvalue weighted by Gasteiger charge is 2.23. The third-order valence-corrected chi connectivity index (χ3v) is 4.54. The molecule has 0 aliphatic carbocycles. The Morgan fingerprint density at radius 2 is 2.00 bits per heavy atom. The molecule has 0 N–H and O–H groups in total. The van der Waals surface area contributed by atoms with Crippen molar-refractivity contribution in [1.29, 1.82) is 0 Å². The predicted octanol–water partition coefficient (Wildman–Crippen LogP) is 2.55. The number of amides is 1. The molecule has 2 aromatic rings. The SMILES string of the molecule is O=C(CCCC(=O)N1CCCO[C@@H](Cn2cccn2)C1)c1ccccc1. The van der Waals surface area contributed by atoms with Crippen LogP contribution in [0.25, 0.3) is 0 Å². The molecular weight excluding hydrogens is 330 g/mol. The number of rotatable bonds is 7. The third kappa shape index (κ3) is 5.26. The Balaban J connectivity index is 1.46. The first-order valence-electron chi connectivity index (χ1n) is 9.17. The van der Waals surface area contributed by atoms with Crippen molar-refractivity contribution in [3.05, 3.63) is 54.4 Å². The Hall–Kier alpha value is -2.47. The number of Topliss-reactive ketones (excluding diaryl/α,β-unsaturated/α-hetero) is 1. The van der Waals surface area contributed by atoms with Crippen molar-refractivity contribution in [2.75, 3.05) is 19.7 Å². The van der Waals surface area contributed by atoms with Crippen LogP contribution in [0.15, 0.2) is 48.8 Å². The molecule has 1 aliphatic heterocycles. The lowest BCUT2D eigenvalue weighted by molar-refractivity contribution is -0.132. The zero-order chi connectivity index (χ0) is 18.2. The summed E-state index contributed by atoms with van der Waals surface area (Å²) >= 11 is 0. The Morgan fingerprint density at radius 1 is 1.15 bits per heavy atom. The predicted molar refractivity (Wildman–Crippen MR) is 97.8 cm³/mol. The molecule has 1 amide bonds. The summed E-state index contributed by atoms with van der Waals surface area (Å²) in [5, 5.41) is 4.20. The minimum atomic E-state index is -0.0488. The van der Waals surface area contributed by atoms with E-state index in [1.165, 1.54) is 0 Å². The summed E-state index contributed by atoms with van der Waals surface area (Å²) in [5.74, 6) is 0.191. The van der Waals surface area contributed by atoms with Crippen molar-refractivity contribution in [3.8, 4) is 0 Å². The van der Waals surface area contributed by atoms with E-state index in [0.717, 1.165) is 6.42 Å². The summed E-state index contributed by atoms with van der Waals surface area (Å²) in [6.07, 6.45) is 5.80. The summed E-state index contributed by atoms with van der Waals surface area (Å²) in [5.41, 5.74) is 0.711. The fourth-order valence-corrected chi connectivity index (χ4v) is 3.18. The quantitative estimate of drug-likeness (QED) is 0.716. The molecule has 1 saturated heterocycles. The summed E-state index contributed by atoms with van der Waals surface area (Å²) in [7, 11) is 0. The Labute approximate surface area is 153 Å². The average Bonchev–Trinajstić information content (AvgIpc) is 3.06. The molecule has 3 rings (SSSR count). The first kappa shape index (κ1) is 18.3. The van der Waals surface area contributed by atoms with E-state index in [9.17, 15) is 9.59 Å². The van der Waals surface area contributed by atoms with E-state index in [4.69, 9.17) is 4.74 Å². The van der Waals surface area contributed by atoms with Crippen molar-refractivity contribution in [2.24, 2.45) is 0 Å². The van der Waals surface area contributed by atoms with Crippen LogP contribution in [0.2, 0.25) is 0 Å². The minimum Gasteiger partial charge on any atom is -0.374 e. The monoisotopic (exact) mass is 355 g/mol. The molecule has 0 unspecified atom stereocenters. The van der Waals surface area contributed by atoms with Gasteiger partial charge in [-0.05, 0) is 18.9 Å². The van der Waals surface area contributed by atoms with Gasteiger partial charge in [-0.2, -0.15) is 5.10 Å². The molecule has 0 spiro atoms. The summed E-state index contributed by atoms with van der Waals surface area (Å²) in [4.78, 5) is 26.6. The topological polar surface area (TPSA) is 64.4 Å². The number of ether oxygens (including phenoxy) is 1. The highest BCUT2D eigenvalue weighted by Crippen LogP contribution is 2.12. The zero-order valence-electron chi connectivity index (χ0n) is 14.9. The largest absolute Gasteiger partial charge is 0.374 e. The minimum absolute atomic E-state index is 0.0488. The van der Waals surface area contributed by atoms with Crippen LogP contribution in [0.5, 0.6) is 0 Å². The van der Waals surface area contributed by atoms with Gasteiger partial charge in [-0.1, -0.05) is 30.3 Å². The fourth-order valence-electron chi connectivity index (χ4n) is 3.18. The van der Waals surface area contributed by atoms with Crippen molar-refractivity contribution in [1.82, 2.24) is 14.7 Å². The maximum Gasteiger partial charge on any atom is 0.222 e. The maximum atomic E-state index is 12.6. The van der Waals surface area contributed by atoms with Gasteiger partial charge in [0.25, 0.3) is 0 Å². The highest BCUT2D eigenvalue weighted by atomic mass is 16.5. The van der Waals surface area contributed by atoms with E-state index in [2.05, 4.69) is 5.10 Å². The van der Waals surface area contributed by atoms with Crippen molar-refractivity contribution < 1.29 is 14.3 Å². The van der Waals surface area contributed by atoms with Gasteiger partial charge in [0.05, 0.1) is 12.6 Å². The van der Waals surface area contributed by atoms with E-state index in [0.29, 0.717) is 51.1 Å². The van der Waals surface area contributed by atoms with Crippen LogP contribution < -0.4 is 0 Å². The van der Waals surface area contributed by atoms with Gasteiger partial charge < -0.3 is 9.64 Å². The lowest BCUT2D eigenvalue weighted by Crippen LogP contribution is -2.38. The van der Waals surface area contributed by atoms with Gasteiger partial charge in [0.1, 0.15) is 0 Å². The van der Waals surface area contributed by atoms with Gasteiger partial charge in [0.2, 0.25) is 5.91 Å². The first-order valence-corrected chi connectivity index (χ1v) is 9.17. The molecule has 1 aliphatic rings. The van der Waals surface area contributed by atoms with E-state index < -0.39 is 0 Å². The molecule has 26 heavy (non-hydrogen) atoms. The molecule has 0 radical (unpaired) electrons. The molecule has 1 aromatic heterocycles. The van der Waals surface area contributed by atoms with Crippen LogP contribution in [0.3, 0.4) is 0 Å². The number of benzene rings is 1. The number of hydrogen-bond donors (Lipinski definition) is 0. The molecule has 2 heterocycles. The molecule has 6 heteroatoms. The molecule has 138 valence electrons. The number of nitrogens with zero attached hydrogens (tertiary/aromatic N) is 3. The summed E-state index contributed by atoms with van der Waals surface area (Å²) in [6, 6.07) is 11.1. The molecule has 6 nitrogen and oxygen atoms in total. The van der Waals surface area contributed by atoms with E-state index in [-0.39, 0.29) is 17.8 Å². The number of ketones is 1. The van der Waals surface area contributed by atoms with Crippen LogP contribution >= 0.6 is 0 Å². The summed E-state index contributed by atoms with van der Waals surface area (Å²) in [6.45, 7) is 2.58. The third-order valence-electron chi connectivity index (χ3n) is 4.54. The second-order valence-electron chi connectivity index (χ2n) is 6.56. The summed E-state index contributed by atoms with van der Waals surface area (Å²) < 4.78 is 7.68.